The van der Waals surface area contributed by atoms with Gasteiger partial charge < -0.3 is 9.80 Å². The van der Waals surface area contributed by atoms with Gasteiger partial charge >= 0.3 is 0 Å². The molecule has 1 rings (SSSR count). The average molecular weight is 510 g/mol. The summed E-state index contributed by atoms with van der Waals surface area (Å²) in [5, 5.41) is 1.49. The summed E-state index contributed by atoms with van der Waals surface area (Å²) < 4.78 is 0. The molecule has 214 valence electrons. The van der Waals surface area contributed by atoms with Crippen LogP contribution in [0.4, 0.5) is 0 Å². The molecule has 0 radical (unpaired) electrons. The minimum Gasteiger partial charge on any atom is -0.309 e. The van der Waals surface area contributed by atoms with Crippen molar-refractivity contribution in [3.63, 3.8) is 0 Å². The first-order chi connectivity index (χ1) is 17.7. The van der Waals surface area contributed by atoms with E-state index in [0.29, 0.717) is 19.2 Å². The number of amides is 1. The molecule has 0 saturated carbocycles. The van der Waals surface area contributed by atoms with E-state index in [1.54, 1.807) is 0 Å². The van der Waals surface area contributed by atoms with E-state index >= 15 is 0 Å². The van der Waals surface area contributed by atoms with Crippen molar-refractivity contribution >= 4 is 6.41 Å². The second-order valence-corrected chi connectivity index (χ2v) is 11.5. The van der Waals surface area contributed by atoms with Crippen molar-refractivity contribution in [2.75, 3.05) is 46.9 Å². The minimum absolute atomic E-state index is 0.630. The van der Waals surface area contributed by atoms with Crippen molar-refractivity contribution in [3.05, 3.63) is 0 Å². The van der Waals surface area contributed by atoms with Gasteiger partial charge in [-0.15, -0.1) is 0 Å². The fourth-order valence-electron chi connectivity index (χ4n) is 5.54. The number of rotatable bonds is 26. The molecule has 5 nitrogen and oxygen atoms in total. The van der Waals surface area contributed by atoms with Gasteiger partial charge in [-0.2, -0.15) is 0 Å². The van der Waals surface area contributed by atoms with E-state index in [2.05, 4.69) is 30.8 Å². The lowest BCUT2D eigenvalue weighted by Gasteiger charge is -2.36. The second kappa shape index (κ2) is 24.7. The van der Waals surface area contributed by atoms with Gasteiger partial charge in [0.15, 0.2) is 0 Å². The highest BCUT2D eigenvalue weighted by molar-refractivity contribution is 5.44. The summed E-state index contributed by atoms with van der Waals surface area (Å²) >= 11 is 0. The van der Waals surface area contributed by atoms with Crippen LogP contribution in [0, 0.1) is 0 Å². The molecular formula is C31H63N3O2. The lowest BCUT2D eigenvalue weighted by atomic mass is 9.99. The number of hydroxylamine groups is 2. The van der Waals surface area contributed by atoms with Gasteiger partial charge in [-0.3, -0.25) is 9.63 Å². The molecule has 1 aliphatic heterocycles. The highest BCUT2D eigenvalue weighted by atomic mass is 16.7. The van der Waals surface area contributed by atoms with Crippen LogP contribution in [0.25, 0.3) is 0 Å². The van der Waals surface area contributed by atoms with Crippen LogP contribution in [0.5, 0.6) is 0 Å². The zero-order chi connectivity index (χ0) is 26.1. The molecular weight excluding hydrogens is 446 g/mol. The number of carbonyl (C=O) groups excluding carboxylic acids is 1. The monoisotopic (exact) mass is 509 g/mol. The minimum atomic E-state index is 0.630. The fraction of sp³-hybridized carbons (Fsp3) is 0.968. The third-order valence-corrected chi connectivity index (χ3v) is 7.86. The maximum Gasteiger partial charge on any atom is 0.233 e. The maximum atomic E-state index is 11.3. The molecule has 1 saturated heterocycles. The van der Waals surface area contributed by atoms with Crippen molar-refractivity contribution in [3.8, 4) is 0 Å². The van der Waals surface area contributed by atoms with Gasteiger partial charge in [0.05, 0.1) is 6.61 Å². The van der Waals surface area contributed by atoms with Crippen LogP contribution >= 0.6 is 0 Å². The van der Waals surface area contributed by atoms with Crippen molar-refractivity contribution in [1.82, 2.24) is 14.9 Å². The summed E-state index contributed by atoms with van der Waals surface area (Å²) in [4.78, 5) is 21.9. The Morgan fingerprint density at radius 1 is 0.750 bits per heavy atom. The molecule has 5 heteroatoms. The van der Waals surface area contributed by atoms with E-state index in [9.17, 15) is 4.79 Å². The number of piperidine rings is 1. The van der Waals surface area contributed by atoms with Crippen molar-refractivity contribution in [2.45, 2.75) is 148 Å². The van der Waals surface area contributed by atoms with Crippen LogP contribution in [0.2, 0.25) is 0 Å². The standard InChI is InChI=1S/C31H63N3O2/c1-4-5-6-7-8-9-10-11-12-13-14-15-16-17-18-20-26-33-27-21-19-23-31(33)24-29-36-34(30-35)28-22-25-32(2)3/h30-31H,4-29H2,1-3H3. The summed E-state index contributed by atoms with van der Waals surface area (Å²) in [6.45, 7) is 7.08. The van der Waals surface area contributed by atoms with Gasteiger partial charge in [0, 0.05) is 12.6 Å². The topological polar surface area (TPSA) is 36.0 Å². The number of hydrogen-bond acceptors (Lipinski definition) is 4. The summed E-state index contributed by atoms with van der Waals surface area (Å²) in [6.07, 6.45) is 29.6. The van der Waals surface area contributed by atoms with Gasteiger partial charge in [0.1, 0.15) is 0 Å². The zero-order valence-corrected chi connectivity index (χ0v) is 24.7. The predicted molar refractivity (Wildman–Crippen MR) is 155 cm³/mol. The summed E-state index contributed by atoms with van der Waals surface area (Å²) in [5.74, 6) is 0. The smallest absolute Gasteiger partial charge is 0.233 e. The Bertz CT molecular complexity index is 475. The van der Waals surface area contributed by atoms with E-state index in [4.69, 9.17) is 4.84 Å². The Morgan fingerprint density at radius 3 is 1.83 bits per heavy atom. The molecule has 1 unspecified atom stereocenters. The third kappa shape index (κ3) is 19.5. The second-order valence-electron chi connectivity index (χ2n) is 11.5. The van der Waals surface area contributed by atoms with E-state index in [0.717, 1.165) is 25.8 Å². The van der Waals surface area contributed by atoms with Gasteiger partial charge in [0.25, 0.3) is 0 Å². The van der Waals surface area contributed by atoms with Crippen LogP contribution < -0.4 is 0 Å². The molecule has 1 aliphatic rings. The van der Waals surface area contributed by atoms with Crippen LogP contribution in [-0.4, -0.2) is 74.2 Å². The number of unbranched alkanes of at least 4 members (excludes halogenated alkanes) is 15. The van der Waals surface area contributed by atoms with E-state index < -0.39 is 0 Å². The lowest BCUT2D eigenvalue weighted by molar-refractivity contribution is -0.174. The number of carbonyl (C=O) groups is 1. The molecule has 0 N–H and O–H groups in total. The average Bonchev–Trinajstić information content (AvgIpc) is 2.88. The van der Waals surface area contributed by atoms with Gasteiger partial charge in [0.2, 0.25) is 6.41 Å². The highest BCUT2D eigenvalue weighted by Crippen LogP contribution is 2.21. The Hall–Kier alpha value is -0.650. The molecule has 0 aromatic carbocycles. The van der Waals surface area contributed by atoms with Crippen molar-refractivity contribution in [1.29, 1.82) is 0 Å². The number of likely N-dealkylation sites (tertiary alicyclic amines) is 1. The summed E-state index contributed by atoms with van der Waals surface area (Å²) in [6, 6.07) is 0.630. The quantitative estimate of drug-likeness (QED) is 0.0676. The molecule has 0 aromatic rings. The Morgan fingerprint density at radius 2 is 1.31 bits per heavy atom. The van der Waals surface area contributed by atoms with E-state index in [1.165, 1.54) is 140 Å². The summed E-state index contributed by atoms with van der Waals surface area (Å²) in [7, 11) is 4.12. The Kier molecular flexibility index (Phi) is 22.9. The van der Waals surface area contributed by atoms with Gasteiger partial charge in [-0.05, 0) is 65.8 Å². The molecule has 1 fully saturated rings. The molecule has 0 bridgehead atoms. The molecule has 36 heavy (non-hydrogen) atoms. The number of hydrogen-bond donors (Lipinski definition) is 0. The van der Waals surface area contributed by atoms with E-state index in [-0.39, 0.29) is 0 Å². The molecule has 1 heterocycles. The van der Waals surface area contributed by atoms with Crippen molar-refractivity contribution in [2.24, 2.45) is 0 Å². The Balaban J connectivity index is 1.97. The molecule has 0 spiro atoms. The zero-order valence-electron chi connectivity index (χ0n) is 24.7. The SMILES string of the molecule is CCCCCCCCCCCCCCCCCCN1CCCCC1CCON(C=O)CCCN(C)C. The van der Waals surface area contributed by atoms with Crippen LogP contribution in [0.1, 0.15) is 142 Å². The van der Waals surface area contributed by atoms with Crippen LogP contribution in [0.3, 0.4) is 0 Å². The fourth-order valence-corrected chi connectivity index (χ4v) is 5.54. The largest absolute Gasteiger partial charge is 0.309 e. The Labute approximate surface area is 225 Å². The molecule has 0 aliphatic carbocycles. The van der Waals surface area contributed by atoms with Crippen LogP contribution in [0.15, 0.2) is 0 Å². The maximum absolute atomic E-state index is 11.3. The number of nitrogens with zero attached hydrogens (tertiary/aromatic N) is 3. The van der Waals surface area contributed by atoms with Gasteiger partial charge in [-0.25, -0.2) is 5.06 Å². The molecule has 0 aromatic heterocycles. The van der Waals surface area contributed by atoms with Gasteiger partial charge in [-0.1, -0.05) is 110 Å². The molecule has 1 atom stereocenters. The predicted octanol–water partition coefficient (Wildman–Crippen LogP) is 7.83. The normalized spacial score (nSPS) is 16.6. The first-order valence-electron chi connectivity index (χ1n) is 15.9. The highest BCUT2D eigenvalue weighted by Gasteiger charge is 2.22. The van der Waals surface area contributed by atoms with E-state index in [1.807, 2.05) is 0 Å². The first-order valence-corrected chi connectivity index (χ1v) is 15.9. The third-order valence-electron chi connectivity index (χ3n) is 7.86. The van der Waals surface area contributed by atoms with Crippen molar-refractivity contribution < 1.29 is 9.63 Å². The molecule has 1 amide bonds. The lowest BCUT2D eigenvalue weighted by Crippen LogP contribution is -2.41. The first kappa shape index (κ1) is 33.4. The van der Waals surface area contributed by atoms with Crippen LogP contribution in [-0.2, 0) is 9.63 Å². The summed E-state index contributed by atoms with van der Waals surface area (Å²) in [5.41, 5.74) is 0.